The minimum Gasteiger partial charge on any atom is -0.456 e. The molecule has 3 aliphatic rings. The molecular weight excluding hydrogens is 983 g/mol. The van der Waals surface area contributed by atoms with Gasteiger partial charge in [-0.2, -0.15) is 5.26 Å². The van der Waals surface area contributed by atoms with Gasteiger partial charge in [0.15, 0.2) is 11.2 Å². The molecule has 0 radical (unpaired) electrons. The molecular formula is C72H49N5O3. The van der Waals surface area contributed by atoms with Crippen molar-refractivity contribution in [2.45, 2.75) is 32.2 Å². The Morgan fingerprint density at radius 3 is 2.29 bits per heavy atom. The van der Waals surface area contributed by atoms with Gasteiger partial charge < -0.3 is 23.1 Å². The van der Waals surface area contributed by atoms with Gasteiger partial charge in [-0.05, 0) is 105 Å². The fourth-order valence-electron chi connectivity index (χ4n) is 12.7. The minimum atomic E-state index is -0.137. The van der Waals surface area contributed by atoms with Gasteiger partial charge in [0.25, 0.3) is 0 Å². The van der Waals surface area contributed by atoms with Crippen molar-refractivity contribution >= 4 is 128 Å². The van der Waals surface area contributed by atoms with Crippen molar-refractivity contribution in [2.24, 2.45) is 0 Å². The summed E-state index contributed by atoms with van der Waals surface area (Å²) in [6.07, 6.45) is 19.4. The zero-order valence-electron chi connectivity index (χ0n) is 44.1. The molecule has 0 saturated carbocycles. The van der Waals surface area contributed by atoms with E-state index in [4.69, 9.17) is 18.2 Å². The SMILES string of the molecule is CC(C)(C)c1ccc2oc3c(c(N4C=c5ccccc5=C5C=CC=CC54)cc4c(C#N)cc5cc(N6C=CC=CC6)c6oc7c(N(c8ccc9c(c8)oc8ccccc89)c8cccc(-c9ccccc9)n8)cccc7c6c5c43)c2c1. The highest BCUT2D eigenvalue weighted by molar-refractivity contribution is 6.36. The molecule has 13 aromatic rings. The van der Waals surface area contributed by atoms with Gasteiger partial charge in [0.2, 0.25) is 0 Å². The Labute approximate surface area is 459 Å². The standard InChI is InChI=1S/C72H49N5O3/c1-72(2,3)47-30-33-62-55(38-47)66-59(76-42-44-20-8-9-21-49(44)50-22-10-12-26-57(50)76)40-54-46(41-73)36-45-37-60(75-34-14-5-15-35-75)70-67(65(45)68(54)71(66)79-62)53-24-16-27-58(69(53)80-70)77(64-29-17-25-56(74-64)43-18-6-4-7-19-43)48-31-32-52-51-23-11-13-28-61(51)78-63(52)39-48/h4-34,36-40,42,57H,35H2,1-3H3. The predicted molar refractivity (Wildman–Crippen MR) is 328 cm³/mol. The number of hydrogen-bond acceptors (Lipinski definition) is 8. The van der Waals surface area contributed by atoms with Crippen LogP contribution in [0.25, 0.3) is 110 Å². The molecule has 0 fully saturated rings. The zero-order valence-corrected chi connectivity index (χ0v) is 44.1. The third-order valence-corrected chi connectivity index (χ3v) is 16.5. The van der Waals surface area contributed by atoms with Crippen LogP contribution < -0.4 is 25.1 Å². The van der Waals surface area contributed by atoms with Gasteiger partial charge in [-0.15, -0.1) is 0 Å². The summed E-state index contributed by atoms with van der Waals surface area (Å²) >= 11 is 0. The third kappa shape index (κ3) is 6.90. The van der Waals surface area contributed by atoms with Gasteiger partial charge in [0, 0.05) is 73.7 Å². The van der Waals surface area contributed by atoms with Crippen molar-refractivity contribution in [3.05, 3.63) is 240 Å². The number of hydrogen-bond donors (Lipinski definition) is 0. The number of nitrogens with zero attached hydrogens (tertiary/aromatic N) is 5. The lowest BCUT2D eigenvalue weighted by molar-refractivity contribution is 0.590. The Morgan fingerprint density at radius 1 is 0.600 bits per heavy atom. The van der Waals surface area contributed by atoms with Gasteiger partial charge >= 0.3 is 0 Å². The van der Waals surface area contributed by atoms with Crippen LogP contribution in [0.2, 0.25) is 0 Å². The van der Waals surface area contributed by atoms with Crippen molar-refractivity contribution in [3.63, 3.8) is 0 Å². The first-order valence-electron chi connectivity index (χ1n) is 27.2. The van der Waals surface area contributed by atoms with E-state index in [2.05, 4.69) is 230 Å². The number of para-hydroxylation sites is 2. The summed E-state index contributed by atoms with van der Waals surface area (Å²) in [5.41, 5.74) is 12.7. The Kier molecular flexibility index (Phi) is 9.92. The van der Waals surface area contributed by atoms with Crippen molar-refractivity contribution < 1.29 is 13.3 Å². The number of nitriles is 1. The molecule has 2 aliphatic heterocycles. The molecule has 1 atom stereocenters. The van der Waals surface area contributed by atoms with Crippen molar-refractivity contribution in [1.29, 1.82) is 5.26 Å². The van der Waals surface area contributed by atoms with E-state index in [1.54, 1.807) is 0 Å². The van der Waals surface area contributed by atoms with Crippen LogP contribution in [0.1, 0.15) is 31.9 Å². The average molecular weight is 1030 g/mol. The van der Waals surface area contributed by atoms with Crippen LogP contribution in [0.5, 0.6) is 0 Å². The van der Waals surface area contributed by atoms with E-state index in [0.717, 1.165) is 110 Å². The number of aromatic nitrogens is 1. The van der Waals surface area contributed by atoms with E-state index in [-0.39, 0.29) is 11.5 Å². The largest absolute Gasteiger partial charge is 0.456 e. The van der Waals surface area contributed by atoms with Crippen LogP contribution in [0.15, 0.2) is 232 Å². The van der Waals surface area contributed by atoms with E-state index < -0.39 is 0 Å². The lowest BCUT2D eigenvalue weighted by Crippen LogP contribution is -2.44. The molecule has 8 nitrogen and oxygen atoms in total. The highest BCUT2D eigenvalue weighted by Crippen LogP contribution is 2.52. The summed E-state index contributed by atoms with van der Waals surface area (Å²) in [5.74, 6) is 0.708. The van der Waals surface area contributed by atoms with Crippen LogP contribution >= 0.6 is 0 Å². The maximum absolute atomic E-state index is 11.4. The van der Waals surface area contributed by atoms with Crippen LogP contribution in [0.4, 0.5) is 28.6 Å². The molecule has 6 heterocycles. The van der Waals surface area contributed by atoms with Gasteiger partial charge in [-0.3, -0.25) is 4.90 Å². The number of anilines is 5. The smallest absolute Gasteiger partial charge is 0.159 e. The summed E-state index contributed by atoms with van der Waals surface area (Å²) in [5, 5.41) is 23.2. The topological polar surface area (TPSA) is 85.8 Å². The molecule has 1 aliphatic carbocycles. The Balaban J connectivity index is 1.03. The number of allylic oxidation sites excluding steroid dienone is 4. The number of rotatable bonds is 6. The molecule has 0 amide bonds. The molecule has 4 aromatic heterocycles. The van der Waals surface area contributed by atoms with Crippen LogP contribution in [0, 0.1) is 11.3 Å². The average Bonchev–Trinajstić information content (AvgIpc) is 4.29. The van der Waals surface area contributed by atoms with Crippen molar-refractivity contribution in [3.8, 4) is 17.3 Å². The molecule has 0 N–H and O–H groups in total. The van der Waals surface area contributed by atoms with Crippen LogP contribution in [-0.4, -0.2) is 17.6 Å². The summed E-state index contributed by atoms with van der Waals surface area (Å²) in [7, 11) is 0. The van der Waals surface area contributed by atoms with Gasteiger partial charge in [0.05, 0.1) is 51.5 Å². The first-order chi connectivity index (χ1) is 39.3. The molecule has 0 bridgehead atoms. The van der Waals surface area contributed by atoms with Gasteiger partial charge in [0.1, 0.15) is 28.1 Å². The normalized spacial score (nSPS) is 15.1. The van der Waals surface area contributed by atoms with E-state index in [0.29, 0.717) is 34.7 Å². The van der Waals surface area contributed by atoms with Crippen LogP contribution in [0.3, 0.4) is 0 Å². The second-order valence-corrected chi connectivity index (χ2v) is 22.1. The summed E-state index contributed by atoms with van der Waals surface area (Å²) in [6.45, 7) is 7.39. The lowest BCUT2D eigenvalue weighted by Gasteiger charge is -2.34. The highest BCUT2D eigenvalue weighted by Gasteiger charge is 2.32. The fourth-order valence-corrected chi connectivity index (χ4v) is 12.7. The lowest BCUT2D eigenvalue weighted by atomic mass is 9.86. The van der Waals surface area contributed by atoms with E-state index in [1.165, 1.54) is 16.4 Å². The number of fused-ring (bicyclic) bond motifs is 16. The maximum Gasteiger partial charge on any atom is 0.159 e. The first kappa shape index (κ1) is 45.8. The Bertz CT molecular complexity index is 5130. The van der Waals surface area contributed by atoms with Crippen molar-refractivity contribution in [1.82, 2.24) is 4.98 Å². The molecule has 16 rings (SSSR count). The second-order valence-electron chi connectivity index (χ2n) is 22.1. The molecule has 0 spiro atoms. The Morgan fingerprint density at radius 2 is 1.41 bits per heavy atom. The summed E-state index contributed by atoms with van der Waals surface area (Å²) in [6, 6.07) is 61.7. The summed E-state index contributed by atoms with van der Waals surface area (Å²) in [4.78, 5) is 12.2. The minimum absolute atomic E-state index is 0.104. The van der Waals surface area contributed by atoms with E-state index >= 15 is 0 Å². The molecule has 380 valence electrons. The first-order valence-corrected chi connectivity index (χ1v) is 27.2. The van der Waals surface area contributed by atoms with Gasteiger partial charge in [-0.25, -0.2) is 4.98 Å². The third-order valence-electron chi connectivity index (χ3n) is 16.5. The maximum atomic E-state index is 11.4. The predicted octanol–water partition coefficient (Wildman–Crippen LogP) is 17.2. The quantitative estimate of drug-likeness (QED) is 0.152. The molecule has 8 heteroatoms. The highest BCUT2D eigenvalue weighted by atomic mass is 16.3. The number of pyridine rings is 1. The fraction of sp³-hybridized carbons (Fsp3) is 0.0833. The second kappa shape index (κ2) is 17.3. The molecule has 1 unspecified atom stereocenters. The molecule has 9 aromatic carbocycles. The van der Waals surface area contributed by atoms with Gasteiger partial charge in [-0.1, -0.05) is 154 Å². The van der Waals surface area contributed by atoms with E-state index in [9.17, 15) is 5.26 Å². The Hall–Kier alpha value is -10.4. The number of benzene rings is 9. The van der Waals surface area contributed by atoms with Crippen molar-refractivity contribution in [2.75, 3.05) is 21.2 Å². The summed E-state index contributed by atoms with van der Waals surface area (Å²) < 4.78 is 21.5. The number of furan rings is 3. The van der Waals surface area contributed by atoms with E-state index in [1.807, 2.05) is 36.4 Å². The monoisotopic (exact) mass is 1030 g/mol. The zero-order chi connectivity index (χ0) is 53.4. The van der Waals surface area contributed by atoms with Crippen LogP contribution in [-0.2, 0) is 5.41 Å². The molecule has 80 heavy (non-hydrogen) atoms. The molecule has 0 saturated heterocycles.